The molecule has 4 nitrogen and oxygen atoms in total. The third-order valence-corrected chi connectivity index (χ3v) is 3.96. The molecule has 126 valence electrons. The molecule has 0 saturated carbocycles. The Kier molecular flexibility index (Phi) is 6.66. The minimum Gasteiger partial charge on any atom is -0.493 e. The van der Waals surface area contributed by atoms with Crippen LogP contribution in [0.2, 0.25) is 0 Å². The van der Waals surface area contributed by atoms with Crippen molar-refractivity contribution < 1.29 is 14.3 Å². The molecule has 1 fully saturated rings. The molecule has 0 N–H and O–H groups in total. The molecule has 1 aromatic rings. The van der Waals surface area contributed by atoms with Crippen LogP contribution in [0.5, 0.6) is 11.5 Å². The van der Waals surface area contributed by atoms with E-state index in [1.54, 1.807) is 7.11 Å². The van der Waals surface area contributed by atoms with Crippen molar-refractivity contribution in [3.63, 3.8) is 0 Å². The number of methoxy groups -OCH3 is 1. The lowest BCUT2D eigenvalue weighted by atomic mass is 9.99. The third kappa shape index (κ3) is 4.58. The molecule has 1 aliphatic heterocycles. The van der Waals surface area contributed by atoms with E-state index in [0.717, 1.165) is 49.4 Å². The van der Waals surface area contributed by atoms with Crippen LogP contribution in [-0.2, 0) is 4.79 Å². The van der Waals surface area contributed by atoms with Gasteiger partial charge in [0, 0.05) is 30.6 Å². The van der Waals surface area contributed by atoms with Gasteiger partial charge < -0.3 is 9.47 Å². The topological polar surface area (TPSA) is 38.8 Å². The van der Waals surface area contributed by atoms with E-state index < -0.39 is 0 Å². The molecule has 23 heavy (non-hydrogen) atoms. The maximum atomic E-state index is 12.3. The van der Waals surface area contributed by atoms with Crippen molar-refractivity contribution >= 4 is 11.9 Å². The minimum absolute atomic E-state index is 0.238. The number of rotatable bonds is 7. The number of Topliss-reactive ketones (excluding diaryl/α,β-unsaturated/α-hetero) is 1. The standard InChI is InChI=1S/C19H27NO3/c1-4-10-20-11-9-17(21)16(14-20)13-15-7-6-8-18(22-3)19(15)23-12-5-2/h6-8,13H,4-5,9-12,14H2,1-3H3/b16-13+. The number of carbonyl (C=O) groups excluding carboxylic acids is 1. The van der Waals surface area contributed by atoms with Gasteiger partial charge in [0.1, 0.15) is 0 Å². The molecule has 1 aromatic carbocycles. The van der Waals surface area contributed by atoms with Crippen LogP contribution >= 0.6 is 0 Å². The lowest BCUT2D eigenvalue weighted by Crippen LogP contribution is -2.36. The Labute approximate surface area is 139 Å². The molecule has 2 rings (SSSR count). The van der Waals surface area contributed by atoms with Crippen molar-refractivity contribution in [2.45, 2.75) is 33.1 Å². The molecule has 0 amide bonds. The summed E-state index contributed by atoms with van der Waals surface area (Å²) in [6.45, 7) is 7.48. The molecule has 0 atom stereocenters. The van der Waals surface area contributed by atoms with Gasteiger partial charge in [-0.3, -0.25) is 9.69 Å². The summed E-state index contributed by atoms with van der Waals surface area (Å²) in [4.78, 5) is 14.6. The number of hydrogen-bond acceptors (Lipinski definition) is 4. The van der Waals surface area contributed by atoms with Crippen LogP contribution in [-0.4, -0.2) is 44.0 Å². The summed E-state index contributed by atoms with van der Waals surface area (Å²) >= 11 is 0. The van der Waals surface area contributed by atoms with Crippen LogP contribution in [0.15, 0.2) is 23.8 Å². The van der Waals surface area contributed by atoms with Gasteiger partial charge in [0.25, 0.3) is 0 Å². The zero-order valence-corrected chi connectivity index (χ0v) is 14.4. The average molecular weight is 317 g/mol. The van der Waals surface area contributed by atoms with Crippen LogP contribution in [0.1, 0.15) is 38.7 Å². The number of ether oxygens (including phenoxy) is 2. The Bertz CT molecular complexity index is 566. The van der Waals surface area contributed by atoms with Crippen molar-refractivity contribution in [1.29, 1.82) is 0 Å². The van der Waals surface area contributed by atoms with Gasteiger partial charge >= 0.3 is 0 Å². The van der Waals surface area contributed by atoms with Crippen molar-refractivity contribution in [3.8, 4) is 11.5 Å². The van der Waals surface area contributed by atoms with Gasteiger partial charge in [-0.15, -0.1) is 0 Å². The van der Waals surface area contributed by atoms with Crippen LogP contribution in [0, 0.1) is 0 Å². The highest BCUT2D eigenvalue weighted by molar-refractivity contribution is 6.01. The van der Waals surface area contributed by atoms with Crippen molar-refractivity contribution in [2.24, 2.45) is 0 Å². The number of likely N-dealkylation sites (tertiary alicyclic amines) is 1. The van der Waals surface area contributed by atoms with Crippen molar-refractivity contribution in [2.75, 3.05) is 33.4 Å². The molecule has 1 saturated heterocycles. The van der Waals surface area contributed by atoms with E-state index in [4.69, 9.17) is 9.47 Å². The smallest absolute Gasteiger partial charge is 0.168 e. The molecule has 0 radical (unpaired) electrons. The number of carbonyl (C=O) groups is 1. The Morgan fingerprint density at radius 3 is 2.78 bits per heavy atom. The lowest BCUT2D eigenvalue weighted by molar-refractivity contribution is -0.117. The summed E-state index contributed by atoms with van der Waals surface area (Å²) in [7, 11) is 1.64. The second-order valence-electron chi connectivity index (χ2n) is 5.85. The van der Waals surface area contributed by atoms with Crippen LogP contribution < -0.4 is 9.47 Å². The maximum Gasteiger partial charge on any atom is 0.168 e. The van der Waals surface area contributed by atoms with Gasteiger partial charge in [-0.25, -0.2) is 0 Å². The summed E-state index contributed by atoms with van der Waals surface area (Å²) in [6.07, 6.45) is 4.60. The van der Waals surface area contributed by atoms with Gasteiger partial charge in [-0.2, -0.15) is 0 Å². The highest BCUT2D eigenvalue weighted by atomic mass is 16.5. The number of hydrogen-bond donors (Lipinski definition) is 0. The molecule has 0 bridgehead atoms. The van der Waals surface area contributed by atoms with Gasteiger partial charge in [0.2, 0.25) is 0 Å². The Morgan fingerprint density at radius 2 is 2.09 bits per heavy atom. The summed E-state index contributed by atoms with van der Waals surface area (Å²) in [5.74, 6) is 1.67. The Balaban J connectivity index is 2.30. The summed E-state index contributed by atoms with van der Waals surface area (Å²) in [5.41, 5.74) is 1.78. The second kappa shape index (κ2) is 8.73. The SMILES string of the molecule is CCCOc1c(/C=C2\CN(CCC)CCC2=O)cccc1OC. The number of nitrogens with zero attached hydrogens (tertiary/aromatic N) is 1. The summed E-state index contributed by atoms with van der Waals surface area (Å²) in [5, 5.41) is 0. The first-order valence-electron chi connectivity index (χ1n) is 8.45. The zero-order chi connectivity index (χ0) is 16.7. The predicted octanol–water partition coefficient (Wildman–Crippen LogP) is 3.55. The highest BCUT2D eigenvalue weighted by Crippen LogP contribution is 2.33. The van der Waals surface area contributed by atoms with Gasteiger partial charge in [-0.05, 0) is 31.5 Å². The third-order valence-electron chi connectivity index (χ3n) is 3.96. The molecule has 1 heterocycles. The normalized spacial score (nSPS) is 17.5. The van der Waals surface area contributed by atoms with Gasteiger partial charge in [0.15, 0.2) is 17.3 Å². The molecule has 0 aromatic heterocycles. The molecule has 0 unspecified atom stereocenters. The van der Waals surface area contributed by atoms with Crippen molar-refractivity contribution in [1.82, 2.24) is 4.90 Å². The number of benzene rings is 1. The summed E-state index contributed by atoms with van der Waals surface area (Å²) < 4.78 is 11.3. The van der Waals surface area contributed by atoms with Crippen LogP contribution in [0.25, 0.3) is 6.08 Å². The molecule has 1 aliphatic rings. The fourth-order valence-electron chi connectivity index (χ4n) is 2.82. The molecular formula is C19H27NO3. The van der Waals surface area contributed by atoms with E-state index in [9.17, 15) is 4.79 Å². The first-order valence-corrected chi connectivity index (χ1v) is 8.45. The Morgan fingerprint density at radius 1 is 1.26 bits per heavy atom. The van der Waals surface area contributed by atoms with E-state index in [0.29, 0.717) is 18.8 Å². The van der Waals surface area contributed by atoms with Crippen LogP contribution in [0.3, 0.4) is 0 Å². The van der Waals surface area contributed by atoms with E-state index >= 15 is 0 Å². The number of piperidine rings is 1. The molecular weight excluding hydrogens is 290 g/mol. The first-order chi connectivity index (χ1) is 11.2. The summed E-state index contributed by atoms with van der Waals surface area (Å²) in [6, 6.07) is 5.80. The van der Waals surface area contributed by atoms with E-state index in [2.05, 4.69) is 18.7 Å². The van der Waals surface area contributed by atoms with E-state index in [1.165, 1.54) is 0 Å². The Hall–Kier alpha value is -1.81. The second-order valence-corrected chi connectivity index (χ2v) is 5.85. The molecule has 0 aliphatic carbocycles. The van der Waals surface area contributed by atoms with E-state index in [-0.39, 0.29) is 5.78 Å². The van der Waals surface area contributed by atoms with Gasteiger partial charge in [-0.1, -0.05) is 26.0 Å². The number of para-hydroxylation sites is 1. The average Bonchev–Trinajstić information content (AvgIpc) is 2.56. The monoisotopic (exact) mass is 317 g/mol. The number of ketones is 1. The molecule has 4 heteroatoms. The highest BCUT2D eigenvalue weighted by Gasteiger charge is 2.21. The predicted molar refractivity (Wildman–Crippen MR) is 93.1 cm³/mol. The quantitative estimate of drug-likeness (QED) is 0.721. The van der Waals surface area contributed by atoms with Crippen LogP contribution in [0.4, 0.5) is 0 Å². The van der Waals surface area contributed by atoms with Gasteiger partial charge in [0.05, 0.1) is 13.7 Å². The largest absolute Gasteiger partial charge is 0.493 e. The fourth-order valence-corrected chi connectivity index (χ4v) is 2.82. The van der Waals surface area contributed by atoms with E-state index in [1.807, 2.05) is 24.3 Å². The minimum atomic E-state index is 0.238. The van der Waals surface area contributed by atoms with Crippen molar-refractivity contribution in [3.05, 3.63) is 29.3 Å². The fraction of sp³-hybridized carbons (Fsp3) is 0.526. The first kappa shape index (κ1) is 17.5. The lowest BCUT2D eigenvalue weighted by Gasteiger charge is -2.27. The molecule has 0 spiro atoms. The zero-order valence-electron chi connectivity index (χ0n) is 14.4. The maximum absolute atomic E-state index is 12.3.